The van der Waals surface area contributed by atoms with Gasteiger partial charge in [0.1, 0.15) is 5.58 Å². The fourth-order valence-corrected chi connectivity index (χ4v) is 4.86. The van der Waals surface area contributed by atoms with Gasteiger partial charge in [-0.2, -0.15) is 0 Å². The summed E-state index contributed by atoms with van der Waals surface area (Å²) in [6, 6.07) is 34.2. The SMILES string of the molecule is c1ccc(-c2ccc3oc4c5[nH]c6ccccc6c5c5ccccc5c4c3c2)cc1. The average molecular weight is 383 g/mol. The van der Waals surface area contributed by atoms with Gasteiger partial charge < -0.3 is 9.40 Å². The van der Waals surface area contributed by atoms with Gasteiger partial charge in [0, 0.05) is 27.1 Å². The minimum absolute atomic E-state index is 0.918. The second-order valence-electron chi connectivity index (χ2n) is 7.85. The Morgan fingerprint density at radius 2 is 1.23 bits per heavy atom. The minimum Gasteiger partial charge on any atom is -0.454 e. The van der Waals surface area contributed by atoms with Gasteiger partial charge in [0.05, 0.1) is 5.52 Å². The molecule has 0 aliphatic carbocycles. The van der Waals surface area contributed by atoms with Crippen molar-refractivity contribution in [3.63, 3.8) is 0 Å². The van der Waals surface area contributed by atoms with Gasteiger partial charge in [-0.25, -0.2) is 0 Å². The van der Waals surface area contributed by atoms with E-state index in [1.807, 2.05) is 0 Å². The fourth-order valence-electron chi connectivity index (χ4n) is 4.86. The van der Waals surface area contributed by atoms with Crippen LogP contribution in [0.3, 0.4) is 0 Å². The molecule has 0 atom stereocenters. The van der Waals surface area contributed by atoms with Gasteiger partial charge in [-0.3, -0.25) is 0 Å². The Balaban J connectivity index is 1.72. The Hall–Kier alpha value is -4.04. The van der Waals surface area contributed by atoms with E-state index in [-0.39, 0.29) is 0 Å². The van der Waals surface area contributed by atoms with Crippen LogP contribution in [0.4, 0.5) is 0 Å². The normalized spacial score (nSPS) is 12.0. The van der Waals surface area contributed by atoms with Crippen LogP contribution < -0.4 is 0 Å². The molecule has 30 heavy (non-hydrogen) atoms. The van der Waals surface area contributed by atoms with Crippen LogP contribution in [0.2, 0.25) is 0 Å². The number of benzene rings is 5. The molecule has 0 amide bonds. The van der Waals surface area contributed by atoms with Crippen molar-refractivity contribution in [2.75, 3.05) is 0 Å². The maximum absolute atomic E-state index is 6.46. The Morgan fingerprint density at radius 1 is 0.533 bits per heavy atom. The summed E-state index contributed by atoms with van der Waals surface area (Å²) in [6.45, 7) is 0. The van der Waals surface area contributed by atoms with Gasteiger partial charge in [-0.1, -0.05) is 78.9 Å². The molecule has 0 fully saturated rings. The summed E-state index contributed by atoms with van der Waals surface area (Å²) in [5.74, 6) is 0. The highest BCUT2D eigenvalue weighted by molar-refractivity contribution is 6.34. The summed E-state index contributed by atoms with van der Waals surface area (Å²) in [7, 11) is 0. The van der Waals surface area contributed by atoms with Crippen LogP contribution in [0.15, 0.2) is 101 Å². The number of H-pyrrole nitrogens is 1. The van der Waals surface area contributed by atoms with Crippen molar-refractivity contribution < 1.29 is 4.42 Å². The second kappa shape index (κ2) is 5.74. The van der Waals surface area contributed by atoms with Crippen molar-refractivity contribution in [3.05, 3.63) is 97.1 Å². The van der Waals surface area contributed by atoms with Gasteiger partial charge in [-0.05, 0) is 40.1 Å². The zero-order valence-electron chi connectivity index (χ0n) is 16.1. The van der Waals surface area contributed by atoms with E-state index in [0.717, 1.165) is 27.6 Å². The third-order valence-corrected chi connectivity index (χ3v) is 6.19. The fraction of sp³-hybridized carbons (Fsp3) is 0. The summed E-state index contributed by atoms with van der Waals surface area (Å²) in [4.78, 5) is 3.63. The molecule has 0 radical (unpaired) electrons. The van der Waals surface area contributed by atoms with E-state index < -0.39 is 0 Å². The number of aromatic amines is 1. The van der Waals surface area contributed by atoms with E-state index in [0.29, 0.717) is 0 Å². The van der Waals surface area contributed by atoms with E-state index >= 15 is 0 Å². The first-order valence-electron chi connectivity index (χ1n) is 10.2. The molecule has 7 rings (SSSR count). The van der Waals surface area contributed by atoms with Crippen LogP contribution >= 0.6 is 0 Å². The lowest BCUT2D eigenvalue weighted by Crippen LogP contribution is -1.79. The standard InChI is InChI=1S/C28H17NO/c1-2-8-17(9-3-1)18-14-15-24-22(16-18)26-20-11-5-4-10-19(20)25-21-12-6-7-13-23(21)29-27(25)28(26)30-24/h1-16,29H. The van der Waals surface area contributed by atoms with Crippen LogP contribution in [0, 0.1) is 0 Å². The van der Waals surface area contributed by atoms with Crippen molar-refractivity contribution in [2.45, 2.75) is 0 Å². The van der Waals surface area contributed by atoms with Crippen molar-refractivity contribution in [2.24, 2.45) is 0 Å². The van der Waals surface area contributed by atoms with E-state index in [9.17, 15) is 0 Å². The average Bonchev–Trinajstić information content (AvgIpc) is 3.38. The monoisotopic (exact) mass is 383 g/mol. The van der Waals surface area contributed by atoms with Crippen LogP contribution in [0.5, 0.6) is 0 Å². The third kappa shape index (κ3) is 2.03. The van der Waals surface area contributed by atoms with E-state index in [2.05, 4.69) is 102 Å². The van der Waals surface area contributed by atoms with Gasteiger partial charge in [-0.15, -0.1) is 0 Å². The summed E-state index contributed by atoms with van der Waals surface area (Å²) in [6.07, 6.45) is 0. The lowest BCUT2D eigenvalue weighted by molar-refractivity contribution is 0.672. The Bertz CT molecular complexity index is 1740. The highest BCUT2D eigenvalue weighted by atomic mass is 16.3. The number of aromatic nitrogens is 1. The molecule has 7 aromatic rings. The summed E-state index contributed by atoms with van der Waals surface area (Å²) >= 11 is 0. The van der Waals surface area contributed by atoms with E-state index in [1.54, 1.807) is 0 Å². The molecular weight excluding hydrogens is 366 g/mol. The number of furan rings is 1. The predicted octanol–water partition coefficient (Wildman–Crippen LogP) is 8.04. The van der Waals surface area contributed by atoms with Crippen LogP contribution in [0.1, 0.15) is 0 Å². The number of hydrogen-bond acceptors (Lipinski definition) is 1. The molecule has 2 nitrogen and oxygen atoms in total. The summed E-state index contributed by atoms with van der Waals surface area (Å²) < 4.78 is 6.46. The maximum Gasteiger partial charge on any atom is 0.160 e. The predicted molar refractivity (Wildman–Crippen MR) is 126 cm³/mol. The van der Waals surface area contributed by atoms with Crippen LogP contribution in [-0.4, -0.2) is 4.98 Å². The van der Waals surface area contributed by atoms with Crippen LogP contribution in [-0.2, 0) is 0 Å². The lowest BCUT2D eigenvalue weighted by Gasteiger charge is -2.04. The molecule has 140 valence electrons. The van der Waals surface area contributed by atoms with Gasteiger partial charge in [0.15, 0.2) is 5.58 Å². The molecule has 2 heteroatoms. The first-order valence-corrected chi connectivity index (χ1v) is 10.2. The van der Waals surface area contributed by atoms with E-state index in [1.165, 1.54) is 38.1 Å². The molecule has 5 aromatic carbocycles. The zero-order valence-corrected chi connectivity index (χ0v) is 16.1. The molecule has 0 aliphatic rings. The van der Waals surface area contributed by atoms with Crippen molar-refractivity contribution in [1.29, 1.82) is 0 Å². The van der Waals surface area contributed by atoms with E-state index in [4.69, 9.17) is 4.42 Å². The second-order valence-corrected chi connectivity index (χ2v) is 7.85. The van der Waals surface area contributed by atoms with Gasteiger partial charge >= 0.3 is 0 Å². The highest BCUT2D eigenvalue weighted by Gasteiger charge is 2.19. The maximum atomic E-state index is 6.46. The van der Waals surface area contributed by atoms with Crippen molar-refractivity contribution >= 4 is 54.5 Å². The number of nitrogens with one attached hydrogen (secondary N) is 1. The molecule has 0 saturated carbocycles. The van der Waals surface area contributed by atoms with Crippen molar-refractivity contribution in [1.82, 2.24) is 4.98 Å². The molecule has 1 N–H and O–H groups in total. The topological polar surface area (TPSA) is 28.9 Å². The molecule has 0 bridgehead atoms. The summed E-state index contributed by atoms with van der Waals surface area (Å²) in [5, 5.41) is 7.28. The van der Waals surface area contributed by atoms with Gasteiger partial charge in [0.2, 0.25) is 0 Å². The lowest BCUT2D eigenvalue weighted by atomic mass is 9.97. The Morgan fingerprint density at radius 3 is 2.07 bits per heavy atom. The van der Waals surface area contributed by atoms with Crippen molar-refractivity contribution in [3.8, 4) is 11.1 Å². The molecular formula is C28H17NO. The molecule has 0 spiro atoms. The molecule has 2 heterocycles. The minimum atomic E-state index is 0.918. The largest absolute Gasteiger partial charge is 0.454 e. The first-order chi connectivity index (χ1) is 14.9. The number of hydrogen-bond donors (Lipinski definition) is 1. The van der Waals surface area contributed by atoms with Crippen LogP contribution in [0.25, 0.3) is 65.6 Å². The highest BCUT2D eigenvalue weighted by Crippen LogP contribution is 2.43. The number of para-hydroxylation sites is 1. The third-order valence-electron chi connectivity index (χ3n) is 6.19. The molecule has 0 saturated heterocycles. The zero-order chi connectivity index (χ0) is 19.7. The smallest absolute Gasteiger partial charge is 0.160 e. The molecule has 0 aliphatic heterocycles. The summed E-state index contributed by atoms with van der Waals surface area (Å²) in [5.41, 5.74) is 6.47. The number of fused-ring (bicyclic) bond motifs is 10. The Labute approximate surface area is 172 Å². The molecule has 0 unspecified atom stereocenters. The molecule has 2 aromatic heterocycles. The first kappa shape index (κ1) is 15.8. The van der Waals surface area contributed by atoms with Gasteiger partial charge in [0.25, 0.3) is 0 Å². The number of rotatable bonds is 1. The quantitative estimate of drug-likeness (QED) is 0.305. The Kier molecular flexibility index (Phi) is 3.03.